The fraction of sp³-hybridized carbons (Fsp3) is 0.312. The van der Waals surface area contributed by atoms with E-state index in [1.165, 1.54) is 11.1 Å². The van der Waals surface area contributed by atoms with Gasteiger partial charge in [-0.3, -0.25) is 4.98 Å². The maximum absolute atomic E-state index is 5.47. The zero-order chi connectivity index (χ0) is 14.4. The number of hydrogen-bond donors (Lipinski definition) is 1. The van der Waals surface area contributed by atoms with E-state index < -0.39 is 0 Å². The minimum atomic E-state index is 0.266. The molecule has 0 saturated heterocycles. The molecule has 0 saturated carbocycles. The van der Waals surface area contributed by atoms with Gasteiger partial charge in [0.05, 0.1) is 6.61 Å². The van der Waals surface area contributed by atoms with Crippen molar-refractivity contribution in [2.45, 2.75) is 19.4 Å². The monoisotopic (exact) mass is 334 g/mol. The average Bonchev–Trinajstić information content (AvgIpc) is 2.46. The number of rotatable bonds is 6. The molecule has 0 bridgehead atoms. The summed E-state index contributed by atoms with van der Waals surface area (Å²) in [5, 5.41) is 3.35. The minimum Gasteiger partial charge on any atom is -0.494 e. The lowest BCUT2D eigenvalue weighted by molar-refractivity contribution is 0.340. The van der Waals surface area contributed by atoms with Crippen molar-refractivity contribution < 1.29 is 4.74 Å². The van der Waals surface area contributed by atoms with Crippen molar-refractivity contribution in [2.75, 3.05) is 13.7 Å². The lowest BCUT2D eigenvalue weighted by atomic mass is 10.00. The van der Waals surface area contributed by atoms with Crippen molar-refractivity contribution in [1.29, 1.82) is 0 Å². The summed E-state index contributed by atoms with van der Waals surface area (Å²) >= 11 is 3.46. The van der Waals surface area contributed by atoms with Gasteiger partial charge in [-0.05, 0) is 65.6 Å². The van der Waals surface area contributed by atoms with Gasteiger partial charge in [0, 0.05) is 22.9 Å². The summed E-state index contributed by atoms with van der Waals surface area (Å²) in [6, 6.07) is 10.6. The number of halogens is 1. The van der Waals surface area contributed by atoms with Gasteiger partial charge in [0.1, 0.15) is 5.75 Å². The van der Waals surface area contributed by atoms with Crippen LogP contribution in [0, 0.1) is 0 Å². The fourth-order valence-corrected chi connectivity index (χ4v) is 2.57. The van der Waals surface area contributed by atoms with Gasteiger partial charge in [-0.25, -0.2) is 0 Å². The van der Waals surface area contributed by atoms with Crippen molar-refractivity contribution >= 4 is 15.9 Å². The van der Waals surface area contributed by atoms with Gasteiger partial charge in [0.15, 0.2) is 0 Å². The smallest absolute Gasteiger partial charge is 0.119 e. The molecule has 20 heavy (non-hydrogen) atoms. The molecule has 1 heterocycles. The predicted molar refractivity (Wildman–Crippen MR) is 85.1 cm³/mol. The van der Waals surface area contributed by atoms with Crippen LogP contribution in [0.2, 0.25) is 0 Å². The third kappa shape index (κ3) is 4.05. The van der Waals surface area contributed by atoms with Crippen molar-refractivity contribution in [2.24, 2.45) is 0 Å². The summed E-state index contributed by atoms with van der Waals surface area (Å²) in [6.07, 6.45) is 4.61. The van der Waals surface area contributed by atoms with Crippen molar-refractivity contribution in [3.05, 3.63) is 58.3 Å². The van der Waals surface area contributed by atoms with E-state index in [-0.39, 0.29) is 6.04 Å². The molecule has 106 valence electrons. The van der Waals surface area contributed by atoms with Crippen molar-refractivity contribution in [3.8, 4) is 5.75 Å². The lowest BCUT2D eigenvalue weighted by Crippen LogP contribution is -2.18. The van der Waals surface area contributed by atoms with Crippen molar-refractivity contribution in [1.82, 2.24) is 10.3 Å². The summed E-state index contributed by atoms with van der Waals surface area (Å²) in [5.41, 5.74) is 2.45. The molecule has 2 aromatic rings. The molecule has 0 spiro atoms. The normalized spacial score (nSPS) is 12.2. The SMILES string of the molecule is CCOc1ccc(C(Cc2cncc(Br)c2)NC)cc1. The molecule has 1 unspecified atom stereocenters. The number of ether oxygens (including phenoxy) is 1. The van der Waals surface area contributed by atoms with E-state index in [1.54, 1.807) is 6.20 Å². The first-order valence-corrected chi connectivity index (χ1v) is 7.51. The van der Waals surface area contributed by atoms with Crippen LogP contribution in [-0.4, -0.2) is 18.6 Å². The highest BCUT2D eigenvalue weighted by Gasteiger charge is 2.10. The van der Waals surface area contributed by atoms with E-state index in [0.29, 0.717) is 6.61 Å². The van der Waals surface area contributed by atoms with E-state index in [0.717, 1.165) is 16.6 Å². The standard InChI is InChI=1S/C16H19BrN2O/c1-3-20-15-6-4-13(5-7-15)16(18-2)9-12-8-14(17)11-19-10-12/h4-8,10-11,16,18H,3,9H2,1-2H3. The molecule has 0 fully saturated rings. The molecule has 4 heteroatoms. The van der Waals surface area contributed by atoms with Crippen LogP contribution in [0.15, 0.2) is 47.2 Å². The Morgan fingerprint density at radius 1 is 1.25 bits per heavy atom. The van der Waals surface area contributed by atoms with Crippen LogP contribution < -0.4 is 10.1 Å². The van der Waals surface area contributed by atoms with Crippen LogP contribution in [0.25, 0.3) is 0 Å². The van der Waals surface area contributed by atoms with E-state index >= 15 is 0 Å². The lowest BCUT2D eigenvalue weighted by Gasteiger charge is -2.17. The van der Waals surface area contributed by atoms with Crippen LogP contribution in [0.4, 0.5) is 0 Å². The number of aromatic nitrogens is 1. The molecule has 0 aliphatic rings. The summed E-state index contributed by atoms with van der Waals surface area (Å²) < 4.78 is 6.48. The van der Waals surface area contributed by atoms with Gasteiger partial charge in [-0.2, -0.15) is 0 Å². The second-order valence-electron chi connectivity index (χ2n) is 4.56. The molecule has 1 N–H and O–H groups in total. The van der Waals surface area contributed by atoms with Gasteiger partial charge >= 0.3 is 0 Å². The van der Waals surface area contributed by atoms with Crippen LogP contribution in [-0.2, 0) is 6.42 Å². The molecule has 0 amide bonds. The topological polar surface area (TPSA) is 34.1 Å². The van der Waals surface area contributed by atoms with E-state index in [1.807, 2.05) is 32.3 Å². The second kappa shape index (κ2) is 7.41. The number of benzene rings is 1. The Balaban J connectivity index is 2.11. The zero-order valence-corrected chi connectivity index (χ0v) is 13.4. The Bertz CT molecular complexity index is 542. The van der Waals surface area contributed by atoms with Crippen LogP contribution in [0.5, 0.6) is 5.75 Å². The second-order valence-corrected chi connectivity index (χ2v) is 5.47. The Kier molecular flexibility index (Phi) is 5.56. The largest absolute Gasteiger partial charge is 0.494 e. The number of likely N-dealkylation sites (N-methyl/N-ethyl adjacent to an activating group) is 1. The highest BCUT2D eigenvalue weighted by Crippen LogP contribution is 2.22. The first-order valence-electron chi connectivity index (χ1n) is 6.72. The maximum atomic E-state index is 5.47. The van der Waals surface area contributed by atoms with Gasteiger partial charge in [-0.1, -0.05) is 12.1 Å². The number of nitrogens with zero attached hydrogens (tertiary/aromatic N) is 1. The Hall–Kier alpha value is -1.39. The first-order chi connectivity index (χ1) is 9.72. The molecule has 1 aromatic heterocycles. The molecule has 0 aliphatic carbocycles. The fourth-order valence-electron chi connectivity index (χ4n) is 2.15. The molecule has 0 radical (unpaired) electrons. The van der Waals surface area contributed by atoms with Crippen LogP contribution in [0.3, 0.4) is 0 Å². The third-order valence-corrected chi connectivity index (χ3v) is 3.58. The third-order valence-electron chi connectivity index (χ3n) is 3.14. The van der Waals surface area contributed by atoms with Gasteiger partial charge in [0.2, 0.25) is 0 Å². The van der Waals surface area contributed by atoms with Crippen LogP contribution in [0.1, 0.15) is 24.1 Å². The summed E-state index contributed by atoms with van der Waals surface area (Å²) in [7, 11) is 1.98. The molecule has 2 rings (SSSR count). The quantitative estimate of drug-likeness (QED) is 0.873. The average molecular weight is 335 g/mol. The Morgan fingerprint density at radius 3 is 2.60 bits per heavy atom. The van der Waals surface area contributed by atoms with Crippen molar-refractivity contribution in [3.63, 3.8) is 0 Å². The van der Waals surface area contributed by atoms with Gasteiger partial charge in [0.25, 0.3) is 0 Å². The molecule has 1 aromatic carbocycles. The maximum Gasteiger partial charge on any atom is 0.119 e. The molecule has 1 atom stereocenters. The molecular weight excluding hydrogens is 316 g/mol. The Morgan fingerprint density at radius 2 is 2.00 bits per heavy atom. The van der Waals surface area contributed by atoms with Crippen LogP contribution >= 0.6 is 15.9 Å². The summed E-state index contributed by atoms with van der Waals surface area (Å²) in [6.45, 7) is 2.68. The minimum absolute atomic E-state index is 0.266. The first kappa shape index (κ1) is 15.0. The number of pyridine rings is 1. The highest BCUT2D eigenvalue weighted by molar-refractivity contribution is 9.10. The van der Waals surface area contributed by atoms with E-state index in [9.17, 15) is 0 Å². The number of hydrogen-bond acceptors (Lipinski definition) is 3. The van der Waals surface area contributed by atoms with Gasteiger partial charge < -0.3 is 10.1 Å². The van der Waals surface area contributed by atoms with E-state index in [4.69, 9.17) is 4.74 Å². The highest BCUT2D eigenvalue weighted by atomic mass is 79.9. The summed E-state index contributed by atoms with van der Waals surface area (Å²) in [4.78, 5) is 4.21. The molecule has 0 aliphatic heterocycles. The number of nitrogens with one attached hydrogen (secondary N) is 1. The molecular formula is C16H19BrN2O. The van der Waals surface area contributed by atoms with E-state index in [2.05, 4.69) is 44.4 Å². The Labute approximate surface area is 128 Å². The predicted octanol–water partition coefficient (Wildman–Crippen LogP) is 3.75. The zero-order valence-electron chi connectivity index (χ0n) is 11.8. The summed E-state index contributed by atoms with van der Waals surface area (Å²) in [5.74, 6) is 0.912. The van der Waals surface area contributed by atoms with Gasteiger partial charge in [-0.15, -0.1) is 0 Å². The molecule has 3 nitrogen and oxygen atoms in total.